The van der Waals surface area contributed by atoms with Crippen molar-refractivity contribution in [2.24, 2.45) is 0 Å². The molecule has 1 aromatic rings. The number of rotatable bonds is 0. The van der Waals surface area contributed by atoms with Crippen LogP contribution in [0.1, 0.15) is 12.0 Å². The van der Waals surface area contributed by atoms with Crippen LogP contribution in [0.3, 0.4) is 0 Å². The zero-order valence-corrected chi connectivity index (χ0v) is 8.85. The number of para-hydroxylation sites is 1. The van der Waals surface area contributed by atoms with Crippen molar-refractivity contribution in [2.75, 3.05) is 0 Å². The Labute approximate surface area is 95.4 Å². The molecule has 0 fully saturated rings. The van der Waals surface area contributed by atoms with Crippen LogP contribution >= 0.6 is 0 Å². The zero-order valence-electron chi connectivity index (χ0n) is 8.85. The first-order chi connectivity index (χ1) is 7.79. The van der Waals surface area contributed by atoms with Crippen LogP contribution in [-0.4, -0.2) is 5.11 Å². The molecule has 0 saturated heterocycles. The Bertz CT molecular complexity index is 505. The third-order valence-electron chi connectivity index (χ3n) is 2.49. The summed E-state index contributed by atoms with van der Waals surface area (Å²) in [6, 6.07) is 6.77. The molecule has 0 aromatic heterocycles. The Balaban J connectivity index is 0.000000123. The van der Waals surface area contributed by atoms with Crippen LogP contribution in [-0.2, 0) is 0 Å². The summed E-state index contributed by atoms with van der Waals surface area (Å²) < 4.78 is 0. The number of allylic oxidation sites excluding steroid dienone is 6. The van der Waals surface area contributed by atoms with E-state index in [4.69, 9.17) is 11.5 Å². The van der Waals surface area contributed by atoms with Gasteiger partial charge in [0, 0.05) is 0 Å². The lowest BCUT2D eigenvalue weighted by Gasteiger charge is -1.91. The van der Waals surface area contributed by atoms with Crippen molar-refractivity contribution in [1.29, 1.82) is 0 Å². The maximum Gasteiger partial charge on any atom is 0.131 e. The van der Waals surface area contributed by atoms with Crippen molar-refractivity contribution in [3.8, 4) is 18.1 Å². The van der Waals surface area contributed by atoms with E-state index >= 15 is 0 Å². The highest BCUT2D eigenvalue weighted by molar-refractivity contribution is 5.49. The van der Waals surface area contributed by atoms with Crippen LogP contribution < -0.4 is 0 Å². The lowest BCUT2D eigenvalue weighted by atomic mass is 10.2. The highest BCUT2D eigenvalue weighted by Crippen LogP contribution is 2.27. The minimum atomic E-state index is 0.167. The van der Waals surface area contributed by atoms with Gasteiger partial charge in [-0.05, 0) is 29.7 Å². The minimum absolute atomic E-state index is 0.167. The number of phenolic OH excluding ortho intramolecular Hbond substituents is 1. The van der Waals surface area contributed by atoms with E-state index in [0.717, 1.165) is 0 Å². The number of fused-ring (bicyclic) bond motifs is 2. The van der Waals surface area contributed by atoms with Gasteiger partial charge in [0.1, 0.15) is 5.75 Å². The molecule has 2 aliphatic rings. The van der Waals surface area contributed by atoms with Crippen LogP contribution in [0.25, 0.3) is 0 Å². The van der Waals surface area contributed by atoms with E-state index in [9.17, 15) is 0 Å². The quantitative estimate of drug-likeness (QED) is 0.649. The first kappa shape index (κ1) is 10.3. The second kappa shape index (κ2) is 4.55. The van der Waals surface area contributed by atoms with Gasteiger partial charge in [-0.15, -0.1) is 6.42 Å². The third-order valence-corrected chi connectivity index (χ3v) is 2.49. The number of aromatic hydroxyl groups is 1. The number of phenols is 1. The summed E-state index contributed by atoms with van der Waals surface area (Å²) >= 11 is 0. The predicted octanol–water partition coefficient (Wildman–Crippen LogP) is 3.19. The molecular weight excluding hydrogens is 196 g/mol. The summed E-state index contributed by atoms with van der Waals surface area (Å²) in [5.74, 6) is 2.51. The van der Waals surface area contributed by atoms with Crippen molar-refractivity contribution in [2.45, 2.75) is 6.42 Å². The van der Waals surface area contributed by atoms with E-state index in [1.807, 2.05) is 0 Å². The molecule has 2 aliphatic carbocycles. The molecule has 0 atom stereocenters. The van der Waals surface area contributed by atoms with Crippen molar-refractivity contribution in [3.05, 3.63) is 65.3 Å². The van der Waals surface area contributed by atoms with Gasteiger partial charge in [-0.3, -0.25) is 0 Å². The molecule has 2 bridgehead atoms. The Morgan fingerprint density at radius 3 is 2.00 bits per heavy atom. The third kappa shape index (κ3) is 2.24. The van der Waals surface area contributed by atoms with Crippen molar-refractivity contribution < 1.29 is 5.11 Å². The van der Waals surface area contributed by atoms with Crippen LogP contribution in [0, 0.1) is 12.3 Å². The number of benzene rings is 1. The van der Waals surface area contributed by atoms with E-state index in [1.54, 1.807) is 24.3 Å². The fraction of sp³-hybridized carbons (Fsp3) is 0.0667. The normalized spacial score (nSPS) is 14.7. The summed E-state index contributed by atoms with van der Waals surface area (Å²) in [4.78, 5) is 0. The molecule has 0 unspecified atom stereocenters. The van der Waals surface area contributed by atoms with Crippen LogP contribution in [0.5, 0.6) is 5.75 Å². The Morgan fingerprint density at radius 1 is 1.06 bits per heavy atom. The van der Waals surface area contributed by atoms with Crippen molar-refractivity contribution in [3.63, 3.8) is 0 Å². The highest BCUT2D eigenvalue weighted by atomic mass is 16.3. The van der Waals surface area contributed by atoms with Gasteiger partial charge in [-0.25, -0.2) is 0 Å². The zero-order chi connectivity index (χ0) is 11.4. The van der Waals surface area contributed by atoms with Gasteiger partial charge in [-0.2, -0.15) is 0 Å². The van der Waals surface area contributed by atoms with Gasteiger partial charge in [0.15, 0.2) is 0 Å². The average molecular weight is 208 g/mol. The lowest BCUT2D eigenvalue weighted by Crippen LogP contribution is -1.71. The maximum atomic E-state index is 8.97. The first-order valence-electron chi connectivity index (χ1n) is 5.12. The molecule has 1 aromatic carbocycles. The summed E-state index contributed by atoms with van der Waals surface area (Å²) in [6.07, 6.45) is 14.9. The first-order valence-corrected chi connectivity index (χ1v) is 5.12. The standard InChI is InChI=1S/C8H6O.C7H6/c1-2-7-5-3-4-6-8(7)9;1-2-7-4-3-6(1)5-7/h1,3-6,9H;1-4H,5H2. The topological polar surface area (TPSA) is 20.2 Å². The molecule has 0 radical (unpaired) electrons. The van der Waals surface area contributed by atoms with Gasteiger partial charge in [0.05, 0.1) is 5.56 Å². The van der Waals surface area contributed by atoms with Gasteiger partial charge in [-0.1, -0.05) is 42.4 Å². The number of hydrogen-bond donors (Lipinski definition) is 1. The molecule has 0 heterocycles. The highest BCUT2D eigenvalue weighted by Gasteiger charge is 2.07. The predicted molar refractivity (Wildman–Crippen MR) is 66.0 cm³/mol. The van der Waals surface area contributed by atoms with Crippen LogP contribution in [0.4, 0.5) is 0 Å². The molecule has 0 amide bonds. The molecule has 3 rings (SSSR count). The Kier molecular flexibility index (Phi) is 2.93. The molecule has 0 aliphatic heterocycles. The van der Waals surface area contributed by atoms with Gasteiger partial charge >= 0.3 is 0 Å². The van der Waals surface area contributed by atoms with Crippen molar-refractivity contribution in [1.82, 2.24) is 0 Å². The van der Waals surface area contributed by atoms with Gasteiger partial charge in [0.25, 0.3) is 0 Å². The summed E-state index contributed by atoms with van der Waals surface area (Å²) in [5.41, 5.74) is 3.47. The summed E-state index contributed by atoms with van der Waals surface area (Å²) in [5, 5.41) is 8.97. The Hall–Kier alpha value is -2.20. The molecular formula is C15H12O. The van der Waals surface area contributed by atoms with E-state index in [-0.39, 0.29) is 5.75 Å². The largest absolute Gasteiger partial charge is 0.507 e. The second-order valence-corrected chi connectivity index (χ2v) is 3.65. The SMILES string of the molecule is C#Cc1ccccc1O.C1=CC2=CC=C1C2. The monoisotopic (exact) mass is 208 g/mol. The fourth-order valence-corrected chi connectivity index (χ4v) is 1.61. The van der Waals surface area contributed by atoms with Crippen LogP contribution in [0.15, 0.2) is 59.7 Å². The fourth-order valence-electron chi connectivity index (χ4n) is 1.61. The van der Waals surface area contributed by atoms with Gasteiger partial charge < -0.3 is 5.11 Å². The molecule has 1 nitrogen and oxygen atoms in total. The molecule has 16 heavy (non-hydrogen) atoms. The molecule has 1 heteroatoms. The maximum absolute atomic E-state index is 8.97. The van der Waals surface area contributed by atoms with E-state index < -0.39 is 0 Å². The number of hydrogen-bond acceptors (Lipinski definition) is 1. The molecule has 1 N–H and O–H groups in total. The second-order valence-electron chi connectivity index (χ2n) is 3.65. The Morgan fingerprint density at radius 2 is 1.69 bits per heavy atom. The lowest BCUT2D eigenvalue weighted by molar-refractivity contribution is 0.474. The van der Waals surface area contributed by atoms with E-state index in [2.05, 4.69) is 30.2 Å². The summed E-state index contributed by atoms with van der Waals surface area (Å²) in [7, 11) is 0. The smallest absolute Gasteiger partial charge is 0.131 e. The van der Waals surface area contributed by atoms with E-state index in [1.165, 1.54) is 17.6 Å². The van der Waals surface area contributed by atoms with Crippen molar-refractivity contribution >= 4 is 0 Å². The molecule has 78 valence electrons. The number of terminal acetylenes is 1. The van der Waals surface area contributed by atoms with Gasteiger partial charge in [0.2, 0.25) is 0 Å². The molecule has 0 saturated carbocycles. The van der Waals surface area contributed by atoms with Crippen LogP contribution in [0.2, 0.25) is 0 Å². The molecule has 0 spiro atoms. The summed E-state index contributed by atoms with van der Waals surface area (Å²) in [6.45, 7) is 0. The van der Waals surface area contributed by atoms with E-state index in [0.29, 0.717) is 5.56 Å². The minimum Gasteiger partial charge on any atom is -0.507 e. The average Bonchev–Trinajstić information content (AvgIpc) is 2.95.